The summed E-state index contributed by atoms with van der Waals surface area (Å²) in [6, 6.07) is 9.45. The van der Waals surface area contributed by atoms with Gasteiger partial charge in [0.1, 0.15) is 17.0 Å². The highest BCUT2D eigenvalue weighted by atomic mass is 32.1. The normalized spacial score (nSPS) is 11.0. The van der Waals surface area contributed by atoms with Crippen molar-refractivity contribution in [2.24, 2.45) is 0 Å². The van der Waals surface area contributed by atoms with Crippen molar-refractivity contribution in [3.8, 4) is 5.75 Å². The molecule has 0 saturated heterocycles. The molecule has 4 aromatic rings. The lowest BCUT2D eigenvalue weighted by molar-refractivity contribution is 0.0975. The van der Waals surface area contributed by atoms with Gasteiger partial charge in [-0.05, 0) is 43.2 Å². The lowest BCUT2D eigenvalue weighted by atomic mass is 10.2. The van der Waals surface area contributed by atoms with E-state index in [1.165, 1.54) is 11.3 Å². The molecule has 0 aliphatic carbocycles. The lowest BCUT2D eigenvalue weighted by Crippen LogP contribution is -2.32. The lowest BCUT2D eigenvalue weighted by Gasteiger charge is -2.20. The van der Waals surface area contributed by atoms with Crippen molar-refractivity contribution in [1.82, 2.24) is 19.7 Å². The van der Waals surface area contributed by atoms with Crippen LogP contribution in [0, 0.1) is 6.92 Å². The van der Waals surface area contributed by atoms with Crippen molar-refractivity contribution in [3.63, 3.8) is 0 Å². The van der Waals surface area contributed by atoms with E-state index in [0.717, 1.165) is 21.3 Å². The number of benzene rings is 1. The fourth-order valence-electron chi connectivity index (χ4n) is 3.18. The summed E-state index contributed by atoms with van der Waals surface area (Å²) in [7, 11) is 1.63. The van der Waals surface area contributed by atoms with E-state index in [1.54, 1.807) is 41.3 Å². The third-order valence-corrected chi connectivity index (χ3v) is 5.90. The second kappa shape index (κ2) is 8.00. The van der Waals surface area contributed by atoms with Gasteiger partial charge in [-0.2, -0.15) is 5.10 Å². The molecule has 8 heteroatoms. The Kier molecular flexibility index (Phi) is 5.26. The van der Waals surface area contributed by atoms with Gasteiger partial charge in [-0.1, -0.05) is 23.5 Å². The third-order valence-electron chi connectivity index (χ3n) is 4.69. The minimum Gasteiger partial charge on any atom is -0.494 e. The topological polar surface area (TPSA) is 73.1 Å². The highest BCUT2D eigenvalue weighted by Crippen LogP contribution is 2.37. The number of aromatic nitrogens is 4. The molecular formula is C21H21N5O2S. The Hall–Kier alpha value is -3.26. The highest BCUT2D eigenvalue weighted by molar-refractivity contribution is 7.22. The van der Waals surface area contributed by atoms with Crippen LogP contribution in [0.2, 0.25) is 0 Å². The van der Waals surface area contributed by atoms with Crippen molar-refractivity contribution >= 4 is 32.6 Å². The van der Waals surface area contributed by atoms with Crippen molar-refractivity contribution < 1.29 is 9.53 Å². The summed E-state index contributed by atoms with van der Waals surface area (Å²) < 4.78 is 8.18. The number of rotatable bonds is 6. The molecule has 0 N–H and O–H groups in total. The minimum atomic E-state index is -0.149. The molecule has 0 aliphatic heterocycles. The summed E-state index contributed by atoms with van der Waals surface area (Å²) in [6.45, 7) is 4.97. The van der Waals surface area contributed by atoms with Crippen LogP contribution < -0.4 is 9.64 Å². The van der Waals surface area contributed by atoms with E-state index in [-0.39, 0.29) is 5.91 Å². The number of pyridine rings is 1. The summed E-state index contributed by atoms with van der Waals surface area (Å²) in [5.74, 6) is 0.546. The van der Waals surface area contributed by atoms with Crippen molar-refractivity contribution in [2.75, 3.05) is 12.0 Å². The zero-order valence-corrected chi connectivity index (χ0v) is 17.3. The van der Waals surface area contributed by atoms with E-state index in [1.807, 2.05) is 38.1 Å². The Morgan fingerprint density at radius 2 is 2.10 bits per heavy atom. The number of ether oxygens (including phenoxy) is 1. The number of amides is 1. The zero-order valence-electron chi connectivity index (χ0n) is 16.5. The number of carbonyl (C=O) groups excluding carboxylic acids is 1. The van der Waals surface area contributed by atoms with Crippen LogP contribution in [-0.2, 0) is 13.1 Å². The molecule has 29 heavy (non-hydrogen) atoms. The number of anilines is 1. The van der Waals surface area contributed by atoms with Crippen LogP contribution in [0.3, 0.4) is 0 Å². The first-order chi connectivity index (χ1) is 14.1. The molecule has 0 unspecified atom stereocenters. The molecule has 3 aromatic heterocycles. The van der Waals surface area contributed by atoms with Crippen LogP contribution in [0.25, 0.3) is 10.2 Å². The van der Waals surface area contributed by atoms with Crippen LogP contribution >= 0.6 is 11.3 Å². The molecule has 1 aromatic carbocycles. The monoisotopic (exact) mass is 407 g/mol. The van der Waals surface area contributed by atoms with E-state index in [9.17, 15) is 4.79 Å². The molecule has 0 bridgehead atoms. The van der Waals surface area contributed by atoms with Gasteiger partial charge in [-0.3, -0.25) is 19.4 Å². The van der Waals surface area contributed by atoms with Gasteiger partial charge in [0.25, 0.3) is 5.91 Å². The predicted octanol–water partition coefficient (Wildman–Crippen LogP) is 4.07. The minimum absolute atomic E-state index is 0.149. The zero-order chi connectivity index (χ0) is 20.4. The van der Waals surface area contributed by atoms with E-state index in [0.29, 0.717) is 29.7 Å². The van der Waals surface area contributed by atoms with Crippen LogP contribution in [0.4, 0.5) is 5.13 Å². The Morgan fingerprint density at radius 3 is 2.83 bits per heavy atom. The largest absolute Gasteiger partial charge is 0.494 e. The molecule has 0 fully saturated rings. The number of thiazole rings is 1. The maximum atomic E-state index is 13.5. The van der Waals surface area contributed by atoms with Crippen LogP contribution in [0.5, 0.6) is 5.75 Å². The first-order valence-corrected chi connectivity index (χ1v) is 10.1. The van der Waals surface area contributed by atoms with E-state index in [4.69, 9.17) is 9.72 Å². The van der Waals surface area contributed by atoms with Gasteiger partial charge < -0.3 is 4.74 Å². The fourth-order valence-corrected chi connectivity index (χ4v) is 4.23. The molecule has 0 saturated carbocycles. The second-order valence-corrected chi connectivity index (χ2v) is 7.52. The second-order valence-electron chi connectivity index (χ2n) is 6.54. The smallest absolute Gasteiger partial charge is 0.278 e. The van der Waals surface area contributed by atoms with E-state index in [2.05, 4.69) is 10.1 Å². The SMILES string of the molecule is CCn1nccc1C(=O)N(Cc1cccnc1)c1nc2c(OC)ccc(C)c2s1. The number of fused-ring (bicyclic) bond motifs is 1. The van der Waals surface area contributed by atoms with Gasteiger partial charge in [-0.15, -0.1) is 0 Å². The van der Waals surface area contributed by atoms with Gasteiger partial charge in [0.05, 0.1) is 18.4 Å². The summed E-state index contributed by atoms with van der Waals surface area (Å²) >= 11 is 1.48. The summed E-state index contributed by atoms with van der Waals surface area (Å²) in [4.78, 5) is 24.1. The predicted molar refractivity (Wildman–Crippen MR) is 114 cm³/mol. The number of aryl methyl sites for hydroxylation is 2. The molecule has 7 nitrogen and oxygen atoms in total. The van der Waals surface area contributed by atoms with E-state index < -0.39 is 0 Å². The van der Waals surface area contributed by atoms with Crippen molar-refractivity contribution in [3.05, 3.63) is 65.7 Å². The Bertz CT molecular complexity index is 1150. The Balaban J connectivity index is 1.83. The quantitative estimate of drug-likeness (QED) is 0.482. The van der Waals surface area contributed by atoms with Gasteiger partial charge in [0, 0.05) is 25.1 Å². The highest BCUT2D eigenvalue weighted by Gasteiger charge is 2.25. The number of hydrogen-bond acceptors (Lipinski definition) is 6. The fraction of sp³-hybridized carbons (Fsp3) is 0.238. The molecule has 4 rings (SSSR count). The molecule has 1 amide bonds. The van der Waals surface area contributed by atoms with Crippen LogP contribution in [0.15, 0.2) is 48.9 Å². The molecule has 0 spiro atoms. The van der Waals surface area contributed by atoms with Gasteiger partial charge in [0.2, 0.25) is 0 Å². The third kappa shape index (κ3) is 3.58. The first kappa shape index (κ1) is 19.1. The Labute approximate surface area is 172 Å². The first-order valence-electron chi connectivity index (χ1n) is 9.29. The summed E-state index contributed by atoms with van der Waals surface area (Å²) in [5, 5.41) is 4.86. The Morgan fingerprint density at radius 1 is 1.24 bits per heavy atom. The maximum absolute atomic E-state index is 13.5. The van der Waals surface area contributed by atoms with Gasteiger partial charge >= 0.3 is 0 Å². The van der Waals surface area contributed by atoms with Crippen molar-refractivity contribution in [1.29, 1.82) is 0 Å². The van der Waals surface area contributed by atoms with Crippen molar-refractivity contribution in [2.45, 2.75) is 26.9 Å². The van der Waals surface area contributed by atoms with Gasteiger partial charge in [0.15, 0.2) is 5.13 Å². The molecular weight excluding hydrogens is 386 g/mol. The molecule has 3 heterocycles. The van der Waals surface area contributed by atoms with Gasteiger partial charge in [-0.25, -0.2) is 4.98 Å². The maximum Gasteiger partial charge on any atom is 0.278 e. The van der Waals surface area contributed by atoms with Crippen LogP contribution in [0.1, 0.15) is 28.5 Å². The summed E-state index contributed by atoms with van der Waals surface area (Å²) in [6.07, 6.45) is 5.12. The summed E-state index contributed by atoms with van der Waals surface area (Å²) in [5.41, 5.74) is 3.31. The van der Waals surface area contributed by atoms with E-state index >= 15 is 0 Å². The molecule has 0 radical (unpaired) electrons. The number of carbonyl (C=O) groups is 1. The average molecular weight is 407 g/mol. The molecule has 0 atom stereocenters. The number of nitrogens with zero attached hydrogens (tertiary/aromatic N) is 5. The number of methoxy groups -OCH3 is 1. The molecule has 0 aliphatic rings. The molecule has 148 valence electrons. The van der Waals surface area contributed by atoms with Crippen LogP contribution in [-0.4, -0.2) is 32.8 Å². The number of hydrogen-bond donors (Lipinski definition) is 0. The average Bonchev–Trinajstić information content (AvgIpc) is 3.40. The standard InChI is InChI=1S/C21H21N5O2S/c1-4-26-16(9-11-23-26)20(27)25(13-15-6-5-10-22-12-15)21-24-18-17(28-3)8-7-14(2)19(18)29-21/h5-12H,4,13H2,1-3H3.